The number of aliphatic carboxylic acids is 1. The third-order valence-electron chi connectivity index (χ3n) is 7.43. The van der Waals surface area contributed by atoms with E-state index >= 15 is 0 Å². The number of rotatable bonds is 15. The van der Waals surface area contributed by atoms with Crippen LogP contribution in [0, 0.1) is 0 Å². The molecule has 3 aromatic carbocycles. The number of amides is 2. The summed E-state index contributed by atoms with van der Waals surface area (Å²) in [4.78, 5) is 37.6. The van der Waals surface area contributed by atoms with Crippen LogP contribution in [-0.2, 0) is 26.0 Å². The number of sulfonamides is 1. The molecule has 1 atom stereocenters. The Hall–Kier alpha value is -4.78. The van der Waals surface area contributed by atoms with Gasteiger partial charge in [-0.15, -0.1) is 0 Å². The third kappa shape index (κ3) is 7.53. The Bertz CT molecular complexity index is 1700. The van der Waals surface area contributed by atoms with Crippen molar-refractivity contribution in [3.05, 3.63) is 76.9 Å². The molecule has 2 amide bonds. The first-order chi connectivity index (χ1) is 21.9. The van der Waals surface area contributed by atoms with E-state index in [1.54, 1.807) is 24.3 Å². The average molecular weight is 655 g/mol. The van der Waals surface area contributed by atoms with E-state index in [9.17, 15) is 22.8 Å². The number of hydrogen-bond acceptors (Lipinski definition) is 9. The highest BCUT2D eigenvalue weighted by molar-refractivity contribution is 7.89. The molecule has 46 heavy (non-hydrogen) atoms. The van der Waals surface area contributed by atoms with Crippen LogP contribution in [0.15, 0.2) is 59.5 Å². The maximum atomic E-state index is 13.9. The zero-order valence-corrected chi connectivity index (χ0v) is 27.0. The van der Waals surface area contributed by atoms with Crippen LogP contribution in [0.2, 0.25) is 0 Å². The Balaban J connectivity index is 1.69. The summed E-state index contributed by atoms with van der Waals surface area (Å²) in [6.45, 7) is 5.51. The Morgan fingerprint density at radius 3 is 2.33 bits per heavy atom. The molecule has 0 bridgehead atoms. The maximum absolute atomic E-state index is 13.9. The summed E-state index contributed by atoms with van der Waals surface area (Å²) < 4.78 is 50.6. The first kappa shape index (κ1) is 34.1. The van der Waals surface area contributed by atoms with Gasteiger partial charge in [0.2, 0.25) is 18.6 Å². The molecule has 3 aromatic rings. The van der Waals surface area contributed by atoms with Gasteiger partial charge < -0.3 is 29.8 Å². The number of ether oxygens (including phenoxy) is 4. The second-order valence-electron chi connectivity index (χ2n) is 11.0. The molecule has 1 heterocycles. The molecule has 13 heteroatoms. The van der Waals surface area contributed by atoms with Crippen LogP contribution in [0.3, 0.4) is 0 Å². The van der Waals surface area contributed by atoms with Crippen molar-refractivity contribution < 1.29 is 46.9 Å². The van der Waals surface area contributed by atoms with E-state index in [0.717, 1.165) is 5.56 Å². The van der Waals surface area contributed by atoms with Crippen molar-refractivity contribution in [2.45, 2.75) is 63.4 Å². The summed E-state index contributed by atoms with van der Waals surface area (Å²) in [6.07, 6.45) is -0.599. The molecule has 4 rings (SSSR count). The van der Waals surface area contributed by atoms with Crippen LogP contribution in [0.5, 0.6) is 23.0 Å². The predicted octanol–water partition coefficient (Wildman–Crippen LogP) is 4.80. The molecule has 0 saturated carbocycles. The fourth-order valence-corrected chi connectivity index (χ4v) is 6.44. The number of nitrogens with two attached hydrogens (primary N) is 1. The van der Waals surface area contributed by atoms with Gasteiger partial charge in [0, 0.05) is 24.1 Å². The number of methoxy groups -OCH3 is 1. The number of nitrogens with zero attached hydrogens (tertiary/aromatic N) is 1. The van der Waals surface area contributed by atoms with Crippen LogP contribution in [0.25, 0.3) is 0 Å². The molecule has 3 N–H and O–H groups in total. The molecule has 0 aromatic heterocycles. The normalized spacial score (nSPS) is 12.9. The van der Waals surface area contributed by atoms with Crippen molar-refractivity contribution in [3.8, 4) is 23.0 Å². The van der Waals surface area contributed by atoms with E-state index < -0.39 is 33.9 Å². The van der Waals surface area contributed by atoms with Crippen LogP contribution in [0.4, 0.5) is 0 Å². The summed E-state index contributed by atoms with van der Waals surface area (Å²) >= 11 is 0. The quantitative estimate of drug-likeness (QED) is 0.232. The summed E-state index contributed by atoms with van der Waals surface area (Å²) in [5.41, 5.74) is 7.62. The molecule has 1 aliphatic heterocycles. The summed E-state index contributed by atoms with van der Waals surface area (Å²) in [5, 5.41) is 9.16. The topological polar surface area (TPSA) is 172 Å². The lowest BCUT2D eigenvalue weighted by Crippen LogP contribution is -2.38. The number of hydrogen-bond donors (Lipinski definition) is 2. The fourth-order valence-electron chi connectivity index (χ4n) is 5.01. The van der Waals surface area contributed by atoms with Gasteiger partial charge in [0.05, 0.1) is 12.0 Å². The number of carbonyl (C=O) groups excluding carboxylic acids is 2. The molecule has 0 spiro atoms. The lowest BCUT2D eigenvalue weighted by molar-refractivity contribution is -0.137. The van der Waals surface area contributed by atoms with Gasteiger partial charge >= 0.3 is 5.97 Å². The van der Waals surface area contributed by atoms with Gasteiger partial charge in [-0.25, -0.2) is 12.7 Å². The maximum Gasteiger partial charge on any atom is 0.303 e. The highest BCUT2D eigenvalue weighted by Crippen LogP contribution is 2.43. The van der Waals surface area contributed by atoms with Crippen molar-refractivity contribution in [1.29, 1.82) is 0 Å². The predicted molar refractivity (Wildman–Crippen MR) is 168 cm³/mol. The minimum atomic E-state index is -4.34. The number of carboxylic acids is 1. The molecule has 246 valence electrons. The summed E-state index contributed by atoms with van der Waals surface area (Å²) in [7, 11) is -2.89. The zero-order chi connectivity index (χ0) is 33.6. The van der Waals surface area contributed by atoms with Crippen molar-refractivity contribution in [1.82, 2.24) is 4.31 Å². The fraction of sp³-hybridized carbons (Fsp3) is 0.364. The minimum Gasteiger partial charge on any atom is -0.493 e. The highest BCUT2D eigenvalue weighted by Gasteiger charge is 2.32. The molecule has 0 radical (unpaired) electrons. The van der Waals surface area contributed by atoms with Crippen molar-refractivity contribution in [2.24, 2.45) is 5.73 Å². The Labute approximate surface area is 268 Å². The van der Waals surface area contributed by atoms with E-state index in [0.29, 0.717) is 45.5 Å². The molecule has 12 nitrogen and oxygen atoms in total. The average Bonchev–Trinajstić information content (AvgIpc) is 3.50. The molecule has 1 unspecified atom stereocenters. The van der Waals surface area contributed by atoms with Crippen LogP contribution >= 0.6 is 0 Å². The van der Waals surface area contributed by atoms with E-state index in [1.165, 1.54) is 37.4 Å². The lowest BCUT2D eigenvalue weighted by atomic mass is 10.0. The van der Waals surface area contributed by atoms with E-state index in [4.69, 9.17) is 29.8 Å². The third-order valence-corrected chi connectivity index (χ3v) is 9.22. The summed E-state index contributed by atoms with van der Waals surface area (Å²) in [5.74, 6) is -1.20. The molecule has 0 fully saturated rings. The number of primary amides is 1. The van der Waals surface area contributed by atoms with Gasteiger partial charge in [0.1, 0.15) is 5.75 Å². The van der Waals surface area contributed by atoms with Crippen LogP contribution < -0.4 is 24.7 Å². The van der Waals surface area contributed by atoms with Crippen molar-refractivity contribution in [2.75, 3.05) is 20.4 Å². The van der Waals surface area contributed by atoms with Crippen molar-refractivity contribution in [3.63, 3.8) is 0 Å². The van der Waals surface area contributed by atoms with Gasteiger partial charge in [-0.2, -0.15) is 0 Å². The minimum absolute atomic E-state index is 0.0142. The standard InChI is InChI=1S/C33H38N2O10S/c1-5-7-22-16-23(11-14-26(22)45-30(32(34)38)24-17-27(42-4)31-28(18-24)43-19-44-31)33(39)35(15-6-8-29(36)37)46(40,41)25-12-9-21(10-13-25)20(2)3/h9-14,16-18,20,30H,5-8,15,19H2,1-4H3,(H2,34,38)(H,36,37). The largest absolute Gasteiger partial charge is 0.493 e. The SMILES string of the molecule is CCCc1cc(C(=O)N(CCCC(=O)O)S(=O)(=O)c2ccc(C(C)C)cc2)ccc1OC(C(N)=O)c1cc(OC)c2c(c1)OCO2. The molecular formula is C33H38N2O10S. The van der Waals surface area contributed by atoms with Gasteiger partial charge in [0.25, 0.3) is 21.8 Å². The number of carbonyl (C=O) groups is 3. The number of carboxylic acid groups (broad SMARTS) is 1. The summed E-state index contributed by atoms with van der Waals surface area (Å²) in [6, 6.07) is 13.8. The second-order valence-corrected chi connectivity index (χ2v) is 12.9. The Morgan fingerprint density at radius 2 is 1.72 bits per heavy atom. The van der Waals surface area contributed by atoms with E-state index in [2.05, 4.69) is 0 Å². The monoisotopic (exact) mass is 654 g/mol. The number of fused-ring (bicyclic) bond motifs is 1. The molecular weight excluding hydrogens is 616 g/mol. The Kier molecular flexibility index (Phi) is 10.8. The molecule has 0 aliphatic carbocycles. The van der Waals surface area contributed by atoms with Crippen molar-refractivity contribution >= 4 is 27.8 Å². The van der Waals surface area contributed by atoms with E-state index in [-0.39, 0.29) is 48.3 Å². The highest BCUT2D eigenvalue weighted by atomic mass is 32.2. The van der Waals surface area contributed by atoms with Gasteiger partial charge in [0.15, 0.2) is 11.5 Å². The number of benzene rings is 3. The van der Waals surface area contributed by atoms with Gasteiger partial charge in [-0.3, -0.25) is 14.4 Å². The molecule has 0 saturated heterocycles. The second kappa shape index (κ2) is 14.5. The lowest BCUT2D eigenvalue weighted by Gasteiger charge is -2.24. The van der Waals surface area contributed by atoms with Gasteiger partial charge in [-0.05, 0) is 72.4 Å². The van der Waals surface area contributed by atoms with Crippen LogP contribution in [0.1, 0.15) is 79.1 Å². The number of aryl methyl sites for hydroxylation is 1. The Morgan fingerprint density at radius 1 is 1.00 bits per heavy atom. The molecule has 1 aliphatic rings. The smallest absolute Gasteiger partial charge is 0.303 e. The zero-order valence-electron chi connectivity index (χ0n) is 26.1. The first-order valence-electron chi connectivity index (χ1n) is 14.8. The first-order valence-corrected chi connectivity index (χ1v) is 16.3. The van der Waals surface area contributed by atoms with Crippen LogP contribution in [-0.4, -0.2) is 56.1 Å². The van der Waals surface area contributed by atoms with Gasteiger partial charge in [-0.1, -0.05) is 39.3 Å². The van der Waals surface area contributed by atoms with E-state index in [1.807, 2.05) is 20.8 Å².